The van der Waals surface area contributed by atoms with Crippen LogP contribution < -0.4 is 16.0 Å². The molecule has 86 valence electrons. The van der Waals surface area contributed by atoms with Crippen LogP contribution in [-0.4, -0.2) is 6.61 Å². The quantitative estimate of drug-likeness (QED) is 0.618. The molecule has 0 spiro atoms. The molecule has 3 N–H and O–H groups in total. The zero-order valence-corrected chi connectivity index (χ0v) is 10.2. The van der Waals surface area contributed by atoms with Gasteiger partial charge in [0.05, 0.1) is 12.3 Å². The number of hydrogen-bond acceptors (Lipinski definition) is 3. The molecule has 0 aromatic heterocycles. The van der Waals surface area contributed by atoms with Gasteiger partial charge in [0.2, 0.25) is 0 Å². The first-order chi connectivity index (χ1) is 6.65. The van der Waals surface area contributed by atoms with E-state index in [2.05, 4.69) is 19.3 Å². The van der Waals surface area contributed by atoms with Gasteiger partial charge in [-0.05, 0) is 24.5 Å². The molecule has 3 nitrogen and oxygen atoms in total. The molecule has 0 heterocycles. The largest absolute Gasteiger partial charge is 0.491 e. The lowest BCUT2D eigenvalue weighted by Gasteiger charge is -2.14. The lowest BCUT2D eigenvalue weighted by atomic mass is 10.2. The van der Waals surface area contributed by atoms with E-state index in [1.807, 2.05) is 25.1 Å². The number of nitrogens with two attached hydrogens (primary N) is 1. The number of ether oxygens (including phenoxy) is 1. The van der Waals surface area contributed by atoms with E-state index in [1.54, 1.807) is 0 Å². The second-order valence-electron chi connectivity index (χ2n) is 3.80. The van der Waals surface area contributed by atoms with Gasteiger partial charge >= 0.3 is 0 Å². The van der Waals surface area contributed by atoms with Gasteiger partial charge in [0.15, 0.2) is 0 Å². The summed E-state index contributed by atoms with van der Waals surface area (Å²) in [4.78, 5) is 0. The van der Waals surface area contributed by atoms with E-state index in [9.17, 15) is 0 Å². The van der Waals surface area contributed by atoms with E-state index in [0.29, 0.717) is 12.5 Å². The number of nitrogen functional groups attached to an aromatic ring is 1. The fourth-order valence-corrected chi connectivity index (χ4v) is 1.20. The molecule has 0 aliphatic rings. The van der Waals surface area contributed by atoms with Gasteiger partial charge in [-0.1, -0.05) is 26.0 Å². The Morgan fingerprint density at radius 3 is 2.60 bits per heavy atom. The van der Waals surface area contributed by atoms with Gasteiger partial charge in [0, 0.05) is 0 Å². The number of rotatable bonds is 4. The fraction of sp³-hybridized carbons (Fsp3) is 0.455. The van der Waals surface area contributed by atoms with Crippen LogP contribution in [0.5, 0.6) is 5.75 Å². The Morgan fingerprint density at radius 1 is 1.40 bits per heavy atom. The zero-order chi connectivity index (χ0) is 10.6. The first-order valence-electron chi connectivity index (χ1n) is 4.84. The van der Waals surface area contributed by atoms with Crippen molar-refractivity contribution in [3.05, 3.63) is 23.8 Å². The number of hydrazine groups is 1. The number of benzene rings is 1. The highest BCUT2D eigenvalue weighted by Gasteiger charge is 2.05. The SMILES string of the molecule is Cc1cccc(OCC(C)C)c1NN.Cl. The van der Waals surface area contributed by atoms with Gasteiger partial charge in [-0.3, -0.25) is 5.84 Å². The summed E-state index contributed by atoms with van der Waals surface area (Å²) in [7, 11) is 0. The molecule has 1 aromatic rings. The van der Waals surface area contributed by atoms with Crippen LogP contribution in [-0.2, 0) is 0 Å². The molecule has 0 aliphatic heterocycles. The Labute approximate surface area is 97.4 Å². The molecule has 0 atom stereocenters. The molecule has 0 aliphatic carbocycles. The fourth-order valence-electron chi connectivity index (χ4n) is 1.20. The molecule has 4 heteroatoms. The standard InChI is InChI=1S/C11H18N2O.ClH/c1-8(2)7-14-10-6-4-5-9(3)11(10)13-12;/h4-6,8,13H,7,12H2,1-3H3;1H. The molecule has 1 aromatic carbocycles. The van der Waals surface area contributed by atoms with Crippen molar-refractivity contribution < 1.29 is 4.74 Å². The van der Waals surface area contributed by atoms with Crippen molar-refractivity contribution in [2.75, 3.05) is 12.0 Å². The highest BCUT2D eigenvalue weighted by atomic mass is 35.5. The van der Waals surface area contributed by atoms with E-state index in [4.69, 9.17) is 10.6 Å². The van der Waals surface area contributed by atoms with Crippen molar-refractivity contribution in [1.82, 2.24) is 0 Å². The van der Waals surface area contributed by atoms with Crippen molar-refractivity contribution >= 4 is 18.1 Å². The summed E-state index contributed by atoms with van der Waals surface area (Å²) in [5.41, 5.74) is 4.62. The van der Waals surface area contributed by atoms with E-state index in [-0.39, 0.29) is 12.4 Å². The molecule has 0 fully saturated rings. The molecule has 0 unspecified atom stereocenters. The topological polar surface area (TPSA) is 47.3 Å². The van der Waals surface area contributed by atoms with Crippen molar-refractivity contribution in [3.63, 3.8) is 0 Å². The normalized spacial score (nSPS) is 9.67. The molecule has 15 heavy (non-hydrogen) atoms. The molecular weight excluding hydrogens is 212 g/mol. The predicted molar refractivity (Wildman–Crippen MR) is 66.6 cm³/mol. The van der Waals surface area contributed by atoms with Crippen LogP contribution in [0.4, 0.5) is 5.69 Å². The molecule has 0 saturated heterocycles. The number of hydrogen-bond donors (Lipinski definition) is 2. The predicted octanol–water partition coefficient (Wildman–Crippen LogP) is 2.74. The number of para-hydroxylation sites is 1. The lowest BCUT2D eigenvalue weighted by molar-refractivity contribution is 0.272. The van der Waals surface area contributed by atoms with E-state index >= 15 is 0 Å². The Hall–Kier alpha value is -0.930. The Kier molecular flexibility index (Phi) is 6.13. The van der Waals surface area contributed by atoms with E-state index < -0.39 is 0 Å². The maximum atomic E-state index is 5.63. The third-order valence-corrected chi connectivity index (χ3v) is 1.95. The van der Waals surface area contributed by atoms with Crippen LogP contribution in [0.2, 0.25) is 0 Å². The highest BCUT2D eigenvalue weighted by molar-refractivity contribution is 5.85. The average Bonchev–Trinajstić information content (AvgIpc) is 2.14. The lowest BCUT2D eigenvalue weighted by Crippen LogP contribution is -2.12. The number of anilines is 1. The minimum atomic E-state index is 0. The summed E-state index contributed by atoms with van der Waals surface area (Å²) in [6.07, 6.45) is 0. The molecule has 0 saturated carbocycles. The van der Waals surface area contributed by atoms with Crippen molar-refractivity contribution in [2.45, 2.75) is 20.8 Å². The van der Waals surface area contributed by atoms with E-state index in [1.165, 1.54) is 0 Å². The molecule has 0 bridgehead atoms. The highest BCUT2D eigenvalue weighted by Crippen LogP contribution is 2.27. The maximum Gasteiger partial charge on any atom is 0.143 e. The smallest absolute Gasteiger partial charge is 0.143 e. The van der Waals surface area contributed by atoms with E-state index in [0.717, 1.165) is 17.0 Å². The van der Waals surface area contributed by atoms with Crippen LogP contribution >= 0.6 is 12.4 Å². The number of halogens is 1. The van der Waals surface area contributed by atoms with Crippen LogP contribution in [0.25, 0.3) is 0 Å². The van der Waals surface area contributed by atoms with Crippen LogP contribution in [0.1, 0.15) is 19.4 Å². The van der Waals surface area contributed by atoms with Gasteiger partial charge < -0.3 is 10.2 Å². The van der Waals surface area contributed by atoms with Gasteiger partial charge in [0.25, 0.3) is 0 Å². The minimum absolute atomic E-state index is 0. The third kappa shape index (κ3) is 3.98. The molecule has 0 radical (unpaired) electrons. The van der Waals surface area contributed by atoms with Gasteiger partial charge in [-0.2, -0.15) is 0 Å². The summed E-state index contributed by atoms with van der Waals surface area (Å²) in [5.74, 6) is 6.76. The summed E-state index contributed by atoms with van der Waals surface area (Å²) < 4.78 is 5.63. The molecule has 1 rings (SSSR count). The maximum absolute atomic E-state index is 5.63. The molecule has 0 amide bonds. The Bertz CT molecular complexity index is 303. The zero-order valence-electron chi connectivity index (χ0n) is 9.41. The average molecular weight is 231 g/mol. The van der Waals surface area contributed by atoms with Gasteiger partial charge in [0.1, 0.15) is 5.75 Å². The van der Waals surface area contributed by atoms with Crippen LogP contribution in [0, 0.1) is 12.8 Å². The second-order valence-corrected chi connectivity index (χ2v) is 3.80. The second kappa shape index (κ2) is 6.53. The van der Waals surface area contributed by atoms with Gasteiger partial charge in [-0.25, -0.2) is 0 Å². The van der Waals surface area contributed by atoms with Crippen LogP contribution in [0.3, 0.4) is 0 Å². The summed E-state index contributed by atoms with van der Waals surface area (Å²) in [6.45, 7) is 6.94. The van der Waals surface area contributed by atoms with Crippen molar-refractivity contribution in [3.8, 4) is 5.75 Å². The number of aryl methyl sites for hydroxylation is 1. The third-order valence-electron chi connectivity index (χ3n) is 1.95. The minimum Gasteiger partial charge on any atom is -0.491 e. The molecular formula is C11H19ClN2O. The first-order valence-corrected chi connectivity index (χ1v) is 4.84. The number of nitrogens with one attached hydrogen (secondary N) is 1. The van der Waals surface area contributed by atoms with Gasteiger partial charge in [-0.15, -0.1) is 12.4 Å². The van der Waals surface area contributed by atoms with Crippen molar-refractivity contribution in [1.29, 1.82) is 0 Å². The first kappa shape index (κ1) is 14.1. The summed E-state index contributed by atoms with van der Waals surface area (Å²) in [5, 5.41) is 0. The summed E-state index contributed by atoms with van der Waals surface area (Å²) in [6, 6.07) is 5.88. The Morgan fingerprint density at radius 2 is 2.07 bits per heavy atom. The monoisotopic (exact) mass is 230 g/mol. The summed E-state index contributed by atoms with van der Waals surface area (Å²) >= 11 is 0. The van der Waals surface area contributed by atoms with Crippen molar-refractivity contribution in [2.24, 2.45) is 11.8 Å². The Balaban J connectivity index is 0.00000196. The van der Waals surface area contributed by atoms with Crippen LogP contribution in [0.15, 0.2) is 18.2 Å².